The van der Waals surface area contributed by atoms with Gasteiger partial charge >= 0.3 is 0 Å². The van der Waals surface area contributed by atoms with Gasteiger partial charge < -0.3 is 9.79 Å². The number of hydrogen-bond donors (Lipinski definition) is 5. The predicted molar refractivity (Wildman–Crippen MR) is 43.9 cm³/mol. The number of nitrogens with two attached hydrogens (primary N) is 1. The largest absolute Gasteiger partial charge is 0.338 e. The molecule has 0 saturated heterocycles. The van der Waals surface area contributed by atoms with Crippen LogP contribution in [0.5, 0.6) is 0 Å². The highest BCUT2D eigenvalue weighted by molar-refractivity contribution is 7.42. The number of aromatic amines is 2. The first-order chi connectivity index (χ1) is 6.73. The van der Waals surface area contributed by atoms with Gasteiger partial charge in [-0.2, -0.15) is 0 Å². The minimum absolute atomic E-state index is 1.40. The first-order valence-corrected chi connectivity index (χ1v) is 4.32. The summed E-state index contributed by atoms with van der Waals surface area (Å²) in [5.41, 5.74) is 4.29. The summed E-state index contributed by atoms with van der Waals surface area (Å²) >= 11 is 0. The quantitative estimate of drug-likeness (QED) is 0.302. The normalized spacial score (nSPS) is 8.29. The van der Waals surface area contributed by atoms with E-state index >= 15 is 0 Å². The van der Waals surface area contributed by atoms with Crippen LogP contribution in [0.15, 0.2) is 12.7 Å². The number of hydrogen-bond acceptors (Lipinski definition) is 9. The molecule has 0 spiro atoms. The van der Waals surface area contributed by atoms with Crippen LogP contribution < -0.4 is 5.50 Å². The molecule has 0 atom stereocenters. The summed E-state index contributed by atoms with van der Waals surface area (Å²) in [5.74, 6) is 0. The molecular formula is C2H8N9O2P. The molecule has 0 aliphatic heterocycles. The maximum absolute atomic E-state index is 7.45. The van der Waals surface area contributed by atoms with Crippen molar-refractivity contribution in [3.63, 3.8) is 0 Å². The molecule has 0 amide bonds. The highest BCUT2D eigenvalue weighted by Gasteiger charge is 1.72. The first-order valence-electron chi connectivity index (χ1n) is 3.00. The summed E-state index contributed by atoms with van der Waals surface area (Å²) < 4.78 is 0. The van der Waals surface area contributed by atoms with Crippen molar-refractivity contribution in [1.29, 1.82) is 0 Å². The van der Waals surface area contributed by atoms with Gasteiger partial charge in [0.2, 0.25) is 8.53 Å². The van der Waals surface area contributed by atoms with Gasteiger partial charge in [0.1, 0.15) is 12.7 Å². The maximum Gasteiger partial charge on any atom is 0.247 e. The van der Waals surface area contributed by atoms with Gasteiger partial charge in [-0.25, -0.2) is 10.2 Å². The fourth-order valence-electron chi connectivity index (χ4n) is 0.258. The Labute approximate surface area is 78.7 Å². The van der Waals surface area contributed by atoms with Crippen molar-refractivity contribution < 1.29 is 9.79 Å². The van der Waals surface area contributed by atoms with E-state index in [1.54, 1.807) is 0 Å². The van der Waals surface area contributed by atoms with Gasteiger partial charge in [-0.1, -0.05) is 0 Å². The van der Waals surface area contributed by atoms with Crippen LogP contribution in [0.4, 0.5) is 0 Å². The lowest BCUT2D eigenvalue weighted by Crippen LogP contribution is -1.78. The predicted octanol–water partition coefficient (Wildman–Crippen LogP) is -2.44. The van der Waals surface area contributed by atoms with Crippen LogP contribution in [0.3, 0.4) is 0 Å². The van der Waals surface area contributed by atoms with E-state index in [0.717, 1.165) is 0 Å². The Morgan fingerprint density at radius 2 is 1.36 bits per heavy atom. The number of tetrazole rings is 2. The second kappa shape index (κ2) is 9.54. The average Bonchev–Trinajstić information content (AvgIpc) is 2.83. The molecule has 0 aliphatic carbocycles. The average molecular weight is 221 g/mol. The molecule has 2 rings (SSSR count). The highest BCUT2D eigenvalue weighted by Crippen LogP contribution is 2.05. The molecule has 11 nitrogen and oxygen atoms in total. The molecule has 2 aromatic rings. The number of aromatic nitrogens is 8. The molecule has 0 radical (unpaired) electrons. The summed E-state index contributed by atoms with van der Waals surface area (Å²) in [7, 11) is -2.12. The standard InChI is InChI=1S/2CH2N4.H4NO2P/c2*1-2-4-5-3-1;1-4(2)3/h2*1H,(H,2,3,4,5);2-3H,1H2. The SMILES string of the molecule is NP(O)O.c1nnn[nH]1.c1nnn[nH]1. The zero-order chi connectivity index (χ0) is 10.6. The van der Waals surface area contributed by atoms with Crippen LogP contribution in [0.1, 0.15) is 0 Å². The molecule has 78 valence electrons. The van der Waals surface area contributed by atoms with Gasteiger partial charge in [-0.15, -0.1) is 10.2 Å². The molecule has 0 bridgehead atoms. The maximum atomic E-state index is 7.45. The topological polar surface area (TPSA) is 175 Å². The Morgan fingerprint density at radius 3 is 1.43 bits per heavy atom. The van der Waals surface area contributed by atoms with E-state index in [1.807, 2.05) is 0 Å². The Bertz CT molecular complexity index is 193. The van der Waals surface area contributed by atoms with E-state index in [9.17, 15) is 0 Å². The summed E-state index contributed by atoms with van der Waals surface area (Å²) in [5, 5.41) is 24.2. The molecule has 0 aromatic carbocycles. The van der Waals surface area contributed by atoms with Crippen LogP contribution in [0.2, 0.25) is 0 Å². The van der Waals surface area contributed by atoms with E-state index in [1.165, 1.54) is 12.7 Å². The van der Waals surface area contributed by atoms with Crippen molar-refractivity contribution in [2.75, 3.05) is 0 Å². The third-order valence-electron chi connectivity index (χ3n) is 0.539. The van der Waals surface area contributed by atoms with Crippen LogP contribution in [-0.4, -0.2) is 51.0 Å². The lowest BCUT2D eigenvalue weighted by Gasteiger charge is -1.79. The molecule has 0 aliphatic rings. The Morgan fingerprint density at radius 1 is 1.00 bits per heavy atom. The molecule has 0 unspecified atom stereocenters. The van der Waals surface area contributed by atoms with E-state index in [0.29, 0.717) is 0 Å². The van der Waals surface area contributed by atoms with Gasteiger partial charge in [-0.05, 0) is 20.9 Å². The van der Waals surface area contributed by atoms with E-state index in [4.69, 9.17) is 9.79 Å². The van der Waals surface area contributed by atoms with Crippen LogP contribution in [-0.2, 0) is 0 Å². The van der Waals surface area contributed by atoms with Crippen molar-refractivity contribution in [2.24, 2.45) is 5.50 Å². The minimum Gasteiger partial charge on any atom is -0.338 e. The van der Waals surface area contributed by atoms with E-state index < -0.39 is 8.53 Å². The monoisotopic (exact) mass is 221 g/mol. The second-order valence-electron chi connectivity index (χ2n) is 1.45. The van der Waals surface area contributed by atoms with Crippen molar-refractivity contribution >= 4 is 8.53 Å². The van der Waals surface area contributed by atoms with Gasteiger partial charge in [0.05, 0.1) is 0 Å². The summed E-state index contributed by atoms with van der Waals surface area (Å²) in [6.45, 7) is 0. The number of nitrogens with zero attached hydrogens (tertiary/aromatic N) is 6. The Kier molecular flexibility index (Phi) is 8.48. The van der Waals surface area contributed by atoms with Gasteiger partial charge in [0, 0.05) is 0 Å². The van der Waals surface area contributed by atoms with Crippen molar-refractivity contribution in [2.45, 2.75) is 0 Å². The number of nitrogens with one attached hydrogen (secondary N) is 2. The summed E-state index contributed by atoms with van der Waals surface area (Å²) in [6, 6.07) is 0. The molecule has 6 N–H and O–H groups in total. The molecule has 0 saturated carbocycles. The minimum atomic E-state index is -2.12. The van der Waals surface area contributed by atoms with Gasteiger partial charge in [-0.3, -0.25) is 5.50 Å². The van der Waals surface area contributed by atoms with Crippen LogP contribution >= 0.6 is 8.53 Å². The first kappa shape index (κ1) is 12.4. The van der Waals surface area contributed by atoms with Crippen LogP contribution in [0.25, 0.3) is 0 Å². The lowest BCUT2D eigenvalue weighted by atomic mass is 11.4. The zero-order valence-corrected chi connectivity index (χ0v) is 7.65. The van der Waals surface area contributed by atoms with Crippen molar-refractivity contribution in [1.82, 2.24) is 41.2 Å². The molecule has 12 heteroatoms. The van der Waals surface area contributed by atoms with Crippen LogP contribution in [0, 0.1) is 0 Å². The molecule has 2 aromatic heterocycles. The molecule has 2 heterocycles. The fraction of sp³-hybridized carbons (Fsp3) is 0. The van der Waals surface area contributed by atoms with E-state index in [2.05, 4.69) is 46.8 Å². The highest BCUT2D eigenvalue weighted by atomic mass is 31.2. The molecule has 14 heavy (non-hydrogen) atoms. The zero-order valence-electron chi connectivity index (χ0n) is 6.76. The number of rotatable bonds is 0. The van der Waals surface area contributed by atoms with Gasteiger partial charge in [0.15, 0.2) is 0 Å². The third kappa shape index (κ3) is 13.1. The van der Waals surface area contributed by atoms with E-state index in [-0.39, 0.29) is 0 Å². The van der Waals surface area contributed by atoms with Crippen molar-refractivity contribution in [3.05, 3.63) is 12.7 Å². The van der Waals surface area contributed by atoms with Crippen molar-refractivity contribution in [3.8, 4) is 0 Å². The summed E-state index contributed by atoms with van der Waals surface area (Å²) in [4.78, 5) is 14.9. The lowest BCUT2D eigenvalue weighted by molar-refractivity contribution is 0.485. The fourth-order valence-corrected chi connectivity index (χ4v) is 0.258. The summed E-state index contributed by atoms with van der Waals surface area (Å²) in [6.07, 6.45) is 2.81. The second-order valence-corrected chi connectivity index (χ2v) is 2.09. The molecular weight excluding hydrogens is 213 g/mol. The smallest absolute Gasteiger partial charge is 0.247 e. The molecule has 0 fully saturated rings. The number of H-pyrrole nitrogens is 2. The third-order valence-corrected chi connectivity index (χ3v) is 0.539. The van der Waals surface area contributed by atoms with Gasteiger partial charge in [0.25, 0.3) is 0 Å². The Balaban J connectivity index is 0.000000183. The Hall–Kier alpha value is -1.55.